The predicted octanol–water partition coefficient (Wildman–Crippen LogP) is 2.16. The Labute approximate surface area is 122 Å². The summed E-state index contributed by atoms with van der Waals surface area (Å²) in [5.41, 5.74) is 2.09. The van der Waals surface area contributed by atoms with E-state index in [0.717, 1.165) is 11.5 Å². The zero-order chi connectivity index (χ0) is 14.7. The minimum absolute atomic E-state index is 0.198. The standard InChI is InChI=1S/C15H16N4O2/c1-21-9-7-17-15-14(11-4-2-3-5-12(11)20)18-13-10-16-6-8-19(13)15/h2-6,8,10,17,20H,7,9H2,1H3. The summed E-state index contributed by atoms with van der Waals surface area (Å²) in [7, 11) is 1.66. The van der Waals surface area contributed by atoms with Crippen molar-refractivity contribution in [2.75, 3.05) is 25.6 Å². The number of methoxy groups -OCH3 is 1. The highest BCUT2D eigenvalue weighted by Gasteiger charge is 2.16. The van der Waals surface area contributed by atoms with Crippen molar-refractivity contribution in [2.45, 2.75) is 0 Å². The van der Waals surface area contributed by atoms with E-state index in [1.165, 1.54) is 0 Å². The van der Waals surface area contributed by atoms with E-state index >= 15 is 0 Å². The largest absolute Gasteiger partial charge is 0.507 e. The van der Waals surface area contributed by atoms with Crippen molar-refractivity contribution < 1.29 is 9.84 Å². The van der Waals surface area contributed by atoms with Gasteiger partial charge in [-0.15, -0.1) is 0 Å². The van der Waals surface area contributed by atoms with Crippen LogP contribution in [0.1, 0.15) is 0 Å². The molecule has 2 aromatic heterocycles. The van der Waals surface area contributed by atoms with Gasteiger partial charge in [0.05, 0.1) is 12.8 Å². The van der Waals surface area contributed by atoms with Crippen LogP contribution in [-0.4, -0.2) is 39.7 Å². The van der Waals surface area contributed by atoms with Crippen molar-refractivity contribution >= 4 is 11.5 Å². The van der Waals surface area contributed by atoms with Crippen LogP contribution < -0.4 is 5.32 Å². The fourth-order valence-electron chi connectivity index (χ4n) is 2.21. The maximum Gasteiger partial charge on any atom is 0.157 e. The lowest BCUT2D eigenvalue weighted by molar-refractivity contribution is 0.210. The highest BCUT2D eigenvalue weighted by Crippen LogP contribution is 2.33. The molecule has 0 fully saturated rings. The second kappa shape index (κ2) is 5.80. The Kier molecular flexibility index (Phi) is 3.70. The van der Waals surface area contributed by atoms with Crippen LogP contribution >= 0.6 is 0 Å². The monoisotopic (exact) mass is 284 g/mol. The van der Waals surface area contributed by atoms with Gasteiger partial charge in [-0.1, -0.05) is 12.1 Å². The molecule has 6 heteroatoms. The quantitative estimate of drug-likeness (QED) is 0.702. The number of nitrogens with one attached hydrogen (secondary N) is 1. The first-order chi connectivity index (χ1) is 10.3. The average Bonchev–Trinajstić information content (AvgIpc) is 2.87. The summed E-state index contributed by atoms with van der Waals surface area (Å²) in [6.45, 7) is 1.23. The van der Waals surface area contributed by atoms with Gasteiger partial charge in [0, 0.05) is 31.6 Å². The Bertz CT molecular complexity index is 754. The van der Waals surface area contributed by atoms with Gasteiger partial charge in [-0.3, -0.25) is 9.38 Å². The SMILES string of the molecule is COCCNc1c(-c2ccccc2O)nc2cnccn12. The maximum absolute atomic E-state index is 10.1. The second-order valence-electron chi connectivity index (χ2n) is 4.55. The van der Waals surface area contributed by atoms with E-state index in [-0.39, 0.29) is 5.75 Å². The molecule has 2 heterocycles. The predicted molar refractivity (Wildman–Crippen MR) is 80.5 cm³/mol. The Morgan fingerprint density at radius 2 is 2.19 bits per heavy atom. The van der Waals surface area contributed by atoms with Gasteiger partial charge in [0.1, 0.15) is 17.3 Å². The number of fused-ring (bicyclic) bond motifs is 1. The van der Waals surface area contributed by atoms with Gasteiger partial charge in [0.25, 0.3) is 0 Å². The number of aromatic hydroxyl groups is 1. The van der Waals surface area contributed by atoms with Crippen LogP contribution in [0.3, 0.4) is 0 Å². The molecule has 0 aliphatic rings. The summed E-state index contributed by atoms with van der Waals surface area (Å²) in [4.78, 5) is 8.64. The molecule has 3 rings (SSSR count). The average molecular weight is 284 g/mol. The third kappa shape index (κ3) is 2.53. The number of para-hydroxylation sites is 1. The highest BCUT2D eigenvalue weighted by atomic mass is 16.5. The molecule has 0 bridgehead atoms. The first-order valence-electron chi connectivity index (χ1n) is 6.64. The van der Waals surface area contributed by atoms with E-state index in [1.54, 1.807) is 31.6 Å². The zero-order valence-corrected chi connectivity index (χ0v) is 11.7. The molecule has 0 amide bonds. The number of ether oxygens (including phenoxy) is 1. The summed E-state index contributed by atoms with van der Waals surface area (Å²) in [6.07, 6.45) is 5.22. The minimum atomic E-state index is 0.198. The molecule has 0 saturated carbocycles. The van der Waals surface area contributed by atoms with Gasteiger partial charge in [-0.05, 0) is 12.1 Å². The van der Waals surface area contributed by atoms with Gasteiger partial charge >= 0.3 is 0 Å². The lowest BCUT2D eigenvalue weighted by atomic mass is 10.1. The number of rotatable bonds is 5. The van der Waals surface area contributed by atoms with Crippen molar-refractivity contribution in [3.8, 4) is 17.0 Å². The van der Waals surface area contributed by atoms with Crippen LogP contribution in [-0.2, 0) is 4.74 Å². The van der Waals surface area contributed by atoms with Crippen LogP contribution in [0.4, 0.5) is 5.82 Å². The first kappa shape index (κ1) is 13.4. The van der Waals surface area contributed by atoms with Gasteiger partial charge in [0.15, 0.2) is 5.65 Å². The molecule has 2 N–H and O–H groups in total. The minimum Gasteiger partial charge on any atom is -0.507 e. The summed E-state index contributed by atoms with van der Waals surface area (Å²) >= 11 is 0. The lowest BCUT2D eigenvalue weighted by Crippen LogP contribution is -2.10. The number of benzene rings is 1. The number of nitrogens with zero attached hydrogens (tertiary/aromatic N) is 3. The van der Waals surface area contributed by atoms with Crippen molar-refractivity contribution in [2.24, 2.45) is 0 Å². The fourth-order valence-corrected chi connectivity index (χ4v) is 2.21. The molecule has 0 unspecified atom stereocenters. The molecule has 6 nitrogen and oxygen atoms in total. The lowest BCUT2D eigenvalue weighted by Gasteiger charge is -2.09. The van der Waals surface area contributed by atoms with Crippen LogP contribution in [0.25, 0.3) is 16.9 Å². The molecule has 0 atom stereocenters. The second-order valence-corrected chi connectivity index (χ2v) is 4.55. The maximum atomic E-state index is 10.1. The number of anilines is 1. The van der Waals surface area contributed by atoms with Crippen LogP contribution in [0, 0.1) is 0 Å². The third-order valence-corrected chi connectivity index (χ3v) is 3.19. The molecular weight excluding hydrogens is 268 g/mol. The van der Waals surface area contributed by atoms with E-state index in [0.29, 0.717) is 24.4 Å². The summed E-state index contributed by atoms with van der Waals surface area (Å²) in [6, 6.07) is 7.15. The third-order valence-electron chi connectivity index (χ3n) is 3.19. The summed E-state index contributed by atoms with van der Waals surface area (Å²) in [5.74, 6) is 1.01. The van der Waals surface area contributed by atoms with Crippen LogP contribution in [0.15, 0.2) is 42.9 Å². The van der Waals surface area contributed by atoms with E-state index in [9.17, 15) is 5.11 Å². The zero-order valence-electron chi connectivity index (χ0n) is 11.7. The Balaban J connectivity index is 2.12. The number of aromatic nitrogens is 3. The van der Waals surface area contributed by atoms with Crippen molar-refractivity contribution in [1.82, 2.24) is 14.4 Å². The normalized spacial score (nSPS) is 10.9. The molecule has 0 radical (unpaired) electrons. The van der Waals surface area contributed by atoms with Crippen LogP contribution in [0.5, 0.6) is 5.75 Å². The Morgan fingerprint density at radius 3 is 3.00 bits per heavy atom. The van der Waals surface area contributed by atoms with Crippen molar-refractivity contribution in [1.29, 1.82) is 0 Å². The fraction of sp³-hybridized carbons (Fsp3) is 0.200. The smallest absolute Gasteiger partial charge is 0.157 e. The topological polar surface area (TPSA) is 71.7 Å². The van der Waals surface area contributed by atoms with E-state index in [4.69, 9.17) is 4.74 Å². The summed E-state index contributed by atoms with van der Waals surface area (Å²) in [5, 5.41) is 13.4. The van der Waals surface area contributed by atoms with E-state index in [1.807, 2.05) is 22.7 Å². The number of imidazole rings is 1. The molecule has 3 aromatic rings. The number of hydrogen-bond donors (Lipinski definition) is 2. The van der Waals surface area contributed by atoms with Crippen molar-refractivity contribution in [3.05, 3.63) is 42.9 Å². The van der Waals surface area contributed by atoms with Gasteiger partial charge in [-0.2, -0.15) is 0 Å². The molecule has 108 valence electrons. The Morgan fingerprint density at radius 1 is 1.33 bits per heavy atom. The molecule has 0 spiro atoms. The van der Waals surface area contributed by atoms with Crippen LogP contribution in [0.2, 0.25) is 0 Å². The first-order valence-corrected chi connectivity index (χ1v) is 6.64. The molecule has 21 heavy (non-hydrogen) atoms. The molecule has 0 aliphatic heterocycles. The van der Waals surface area contributed by atoms with Crippen molar-refractivity contribution in [3.63, 3.8) is 0 Å². The van der Waals surface area contributed by atoms with E-state index in [2.05, 4.69) is 15.3 Å². The highest BCUT2D eigenvalue weighted by molar-refractivity contribution is 5.79. The van der Waals surface area contributed by atoms with Gasteiger partial charge < -0.3 is 15.2 Å². The van der Waals surface area contributed by atoms with Gasteiger partial charge in [0.2, 0.25) is 0 Å². The molecule has 1 aromatic carbocycles. The molecule has 0 saturated heterocycles. The van der Waals surface area contributed by atoms with Gasteiger partial charge in [-0.25, -0.2) is 4.98 Å². The number of phenols is 1. The number of phenolic OH excluding ortho intramolecular Hbond substituents is 1. The molecular formula is C15H16N4O2. The number of hydrogen-bond acceptors (Lipinski definition) is 5. The Hall–Kier alpha value is -2.60. The van der Waals surface area contributed by atoms with E-state index < -0.39 is 0 Å². The molecule has 0 aliphatic carbocycles. The summed E-state index contributed by atoms with van der Waals surface area (Å²) < 4.78 is 6.97.